The number of fused-ring (bicyclic) bond motifs is 1. The Balaban J connectivity index is 2.43. The van der Waals surface area contributed by atoms with E-state index < -0.39 is 28.2 Å². The number of hydrogen-bond acceptors (Lipinski definition) is 6. The van der Waals surface area contributed by atoms with Gasteiger partial charge in [0.1, 0.15) is 12.2 Å². The summed E-state index contributed by atoms with van der Waals surface area (Å²) in [7, 11) is -0.585. The Hall–Kier alpha value is -0.226. The number of methoxy groups -OCH3 is 2. The average Bonchev–Trinajstić information content (AvgIpc) is 2.54. The minimum atomic E-state index is -2.04. The summed E-state index contributed by atoms with van der Waals surface area (Å²) >= 11 is 0. The van der Waals surface area contributed by atoms with E-state index in [2.05, 4.69) is 53.5 Å². The van der Waals surface area contributed by atoms with Crippen LogP contribution in [0.4, 0.5) is 0 Å². The minimum Gasteiger partial charge on any atom is -0.547 e. The van der Waals surface area contributed by atoms with Gasteiger partial charge in [-0.05, 0) is 57.7 Å². The topological polar surface area (TPSA) is 55.4 Å². The molecule has 1 aliphatic heterocycles. The maximum Gasteiger partial charge on any atom is 0.241 e. The lowest BCUT2D eigenvalue weighted by Gasteiger charge is -2.55. The largest absolute Gasteiger partial charge is 0.547 e. The third-order valence-corrected chi connectivity index (χ3v) is 11.8. The van der Waals surface area contributed by atoms with Gasteiger partial charge < -0.3 is 27.8 Å². The van der Waals surface area contributed by atoms with Crippen LogP contribution in [0.3, 0.4) is 0 Å². The number of hydrogen-bond donors (Lipinski definition) is 0. The summed E-state index contributed by atoms with van der Waals surface area (Å²) in [6, 6.07) is 0. The first-order chi connectivity index (χ1) is 13.0. The molecule has 0 radical (unpaired) electrons. The molecule has 0 aromatic carbocycles. The summed E-state index contributed by atoms with van der Waals surface area (Å²) in [5.41, 5.74) is 0. The Morgan fingerprint density at radius 1 is 0.966 bits per heavy atom. The molecule has 29 heavy (non-hydrogen) atoms. The smallest absolute Gasteiger partial charge is 0.241 e. The van der Waals surface area contributed by atoms with E-state index in [0.29, 0.717) is 6.42 Å². The standard InChI is InChI=1S/C21H42O6Si2/c1-19(2,3)29(11,12)27-17-14-15(26-28(8,9)10)13-16-18(17)25-21(5,23-7)20(4,22-6)24-16/h13,16-18H,14H2,1-12H3/t16-,17-,18+,20+,21+/m1/s1. The Bertz CT molecular complexity index is 624. The van der Waals surface area contributed by atoms with Gasteiger partial charge in [0.05, 0.1) is 11.9 Å². The molecular formula is C21H42O6Si2. The molecule has 0 saturated carbocycles. The van der Waals surface area contributed by atoms with Gasteiger partial charge >= 0.3 is 0 Å². The van der Waals surface area contributed by atoms with Crippen LogP contribution in [0, 0.1) is 0 Å². The van der Waals surface area contributed by atoms with Crippen molar-refractivity contribution < 1.29 is 27.8 Å². The van der Waals surface area contributed by atoms with Crippen molar-refractivity contribution in [2.45, 2.75) is 109 Å². The number of ether oxygens (including phenoxy) is 4. The predicted molar refractivity (Wildman–Crippen MR) is 120 cm³/mol. The summed E-state index contributed by atoms with van der Waals surface area (Å²) in [5, 5.41) is 0.0879. The van der Waals surface area contributed by atoms with Crippen LogP contribution >= 0.6 is 0 Å². The van der Waals surface area contributed by atoms with Crippen molar-refractivity contribution in [2.75, 3.05) is 14.2 Å². The lowest BCUT2D eigenvalue weighted by molar-refractivity contribution is -0.449. The fraction of sp³-hybridized carbons (Fsp3) is 0.905. The van der Waals surface area contributed by atoms with Crippen LogP contribution in [0.1, 0.15) is 41.0 Å². The second kappa shape index (κ2) is 8.04. The number of rotatable bonds is 6. The average molecular weight is 447 g/mol. The maximum absolute atomic E-state index is 6.83. The SMILES string of the molecule is CO[C@@]1(C)O[C@H]2[C@@H](C=C(O[Si](C)(C)C)C[C@H]2O[Si](C)(C)C(C)(C)C)O[C@]1(C)OC. The predicted octanol–water partition coefficient (Wildman–Crippen LogP) is 5.03. The zero-order chi connectivity index (χ0) is 22.5. The van der Waals surface area contributed by atoms with E-state index in [1.165, 1.54) is 0 Å². The van der Waals surface area contributed by atoms with Crippen molar-refractivity contribution in [3.63, 3.8) is 0 Å². The molecule has 0 amide bonds. The Morgan fingerprint density at radius 3 is 1.93 bits per heavy atom. The van der Waals surface area contributed by atoms with E-state index in [1.54, 1.807) is 14.2 Å². The molecule has 1 saturated heterocycles. The van der Waals surface area contributed by atoms with Crippen molar-refractivity contribution in [3.05, 3.63) is 11.8 Å². The molecule has 1 aliphatic carbocycles. The second-order valence-electron chi connectivity index (χ2n) is 10.9. The van der Waals surface area contributed by atoms with Gasteiger partial charge in [0, 0.05) is 20.6 Å². The van der Waals surface area contributed by atoms with E-state index in [0.717, 1.165) is 5.76 Å². The molecule has 5 atom stereocenters. The van der Waals surface area contributed by atoms with E-state index >= 15 is 0 Å². The zero-order valence-electron chi connectivity index (χ0n) is 20.5. The fourth-order valence-corrected chi connectivity index (χ4v) is 5.72. The van der Waals surface area contributed by atoms with Gasteiger partial charge in [-0.3, -0.25) is 0 Å². The van der Waals surface area contributed by atoms with Crippen molar-refractivity contribution in [1.82, 2.24) is 0 Å². The lowest BCUT2D eigenvalue weighted by Crippen LogP contribution is -2.68. The Kier molecular flexibility index (Phi) is 6.94. The monoisotopic (exact) mass is 446 g/mol. The maximum atomic E-state index is 6.83. The summed E-state index contributed by atoms with van der Waals surface area (Å²) in [5.74, 6) is -1.18. The Labute approximate surface area is 179 Å². The highest BCUT2D eigenvalue weighted by Crippen LogP contribution is 2.46. The lowest BCUT2D eigenvalue weighted by atomic mass is 9.93. The first-order valence-corrected chi connectivity index (χ1v) is 16.8. The van der Waals surface area contributed by atoms with Crippen LogP contribution < -0.4 is 0 Å². The summed E-state index contributed by atoms with van der Waals surface area (Å²) in [6.45, 7) is 21.5. The van der Waals surface area contributed by atoms with Gasteiger partial charge in [-0.1, -0.05) is 20.8 Å². The van der Waals surface area contributed by atoms with E-state index in [-0.39, 0.29) is 23.4 Å². The van der Waals surface area contributed by atoms with E-state index in [4.69, 9.17) is 27.8 Å². The molecule has 2 aliphatic rings. The van der Waals surface area contributed by atoms with Gasteiger partial charge in [-0.15, -0.1) is 0 Å². The fourth-order valence-electron chi connectivity index (χ4n) is 3.45. The molecule has 0 bridgehead atoms. The summed E-state index contributed by atoms with van der Waals surface area (Å²) < 4.78 is 37.6. The van der Waals surface area contributed by atoms with Gasteiger partial charge in [0.15, 0.2) is 8.32 Å². The zero-order valence-corrected chi connectivity index (χ0v) is 22.5. The molecule has 6 nitrogen and oxygen atoms in total. The minimum absolute atomic E-state index is 0.0879. The molecule has 0 unspecified atom stereocenters. The molecule has 0 spiro atoms. The van der Waals surface area contributed by atoms with Crippen molar-refractivity contribution in [1.29, 1.82) is 0 Å². The quantitative estimate of drug-likeness (QED) is 0.534. The van der Waals surface area contributed by atoms with Crippen LogP contribution in [0.5, 0.6) is 0 Å². The van der Waals surface area contributed by atoms with Crippen LogP contribution in [0.2, 0.25) is 37.8 Å². The van der Waals surface area contributed by atoms with Crippen molar-refractivity contribution in [2.24, 2.45) is 0 Å². The molecular weight excluding hydrogens is 404 g/mol. The van der Waals surface area contributed by atoms with Gasteiger partial charge in [-0.25, -0.2) is 0 Å². The van der Waals surface area contributed by atoms with Crippen molar-refractivity contribution in [3.8, 4) is 0 Å². The summed E-state index contributed by atoms with van der Waals surface area (Å²) in [4.78, 5) is 0. The second-order valence-corrected chi connectivity index (χ2v) is 20.1. The Morgan fingerprint density at radius 2 is 1.48 bits per heavy atom. The van der Waals surface area contributed by atoms with Crippen LogP contribution in [0.15, 0.2) is 11.8 Å². The van der Waals surface area contributed by atoms with Gasteiger partial charge in [-0.2, -0.15) is 0 Å². The van der Waals surface area contributed by atoms with Crippen molar-refractivity contribution >= 4 is 16.6 Å². The molecule has 0 N–H and O–H groups in total. The highest BCUT2D eigenvalue weighted by atomic mass is 28.4. The first-order valence-electron chi connectivity index (χ1n) is 10.5. The van der Waals surface area contributed by atoms with Crippen LogP contribution in [-0.2, 0) is 27.8 Å². The normalized spacial score (nSPS) is 36.4. The van der Waals surface area contributed by atoms with Gasteiger partial charge in [0.2, 0.25) is 19.9 Å². The van der Waals surface area contributed by atoms with E-state index in [9.17, 15) is 0 Å². The molecule has 0 aromatic heterocycles. The third kappa shape index (κ3) is 5.16. The van der Waals surface area contributed by atoms with Gasteiger partial charge in [0.25, 0.3) is 0 Å². The molecule has 1 heterocycles. The molecule has 0 aromatic rings. The highest BCUT2D eigenvalue weighted by Gasteiger charge is 2.59. The van der Waals surface area contributed by atoms with Crippen LogP contribution in [-0.4, -0.2) is 60.7 Å². The first kappa shape index (κ1) is 25.0. The van der Waals surface area contributed by atoms with Crippen LogP contribution in [0.25, 0.3) is 0 Å². The molecule has 8 heteroatoms. The third-order valence-electron chi connectivity index (χ3n) is 6.46. The molecule has 170 valence electrons. The van der Waals surface area contributed by atoms with E-state index in [1.807, 2.05) is 19.9 Å². The molecule has 1 fully saturated rings. The highest BCUT2D eigenvalue weighted by molar-refractivity contribution is 6.74. The summed E-state index contributed by atoms with van der Waals surface area (Å²) in [6.07, 6.45) is 1.91. The molecule has 2 rings (SSSR count).